The lowest BCUT2D eigenvalue weighted by molar-refractivity contribution is -0.384. The predicted molar refractivity (Wildman–Crippen MR) is 67.8 cm³/mol. The highest BCUT2D eigenvalue weighted by Gasteiger charge is 2.29. The molecule has 1 unspecified atom stereocenters. The van der Waals surface area contributed by atoms with Gasteiger partial charge in [-0.2, -0.15) is 0 Å². The van der Waals surface area contributed by atoms with Gasteiger partial charge in [-0.05, 0) is 24.8 Å². The van der Waals surface area contributed by atoms with Gasteiger partial charge >= 0.3 is 0 Å². The molecule has 6 heteroatoms. The first-order valence-corrected chi connectivity index (χ1v) is 6.18. The van der Waals surface area contributed by atoms with Crippen LogP contribution in [0.4, 0.5) is 5.69 Å². The first-order valence-electron chi connectivity index (χ1n) is 5.74. The van der Waals surface area contributed by atoms with Crippen molar-refractivity contribution >= 4 is 23.2 Å². The van der Waals surface area contributed by atoms with Gasteiger partial charge in [0.2, 0.25) is 0 Å². The van der Waals surface area contributed by atoms with Crippen LogP contribution in [0.1, 0.15) is 23.2 Å². The number of nitro groups is 1. The highest BCUT2D eigenvalue weighted by Crippen LogP contribution is 2.35. The summed E-state index contributed by atoms with van der Waals surface area (Å²) in [7, 11) is 0. The second-order valence-electron chi connectivity index (χ2n) is 4.37. The SMILES string of the molecule is O=C(NCC(Cl)C1CC1)c1cccc([N+](=O)[O-])c1. The molecule has 0 bridgehead atoms. The highest BCUT2D eigenvalue weighted by atomic mass is 35.5. The lowest BCUT2D eigenvalue weighted by Gasteiger charge is -2.09. The average Bonchev–Trinajstić information content (AvgIpc) is 3.20. The molecule has 0 radical (unpaired) electrons. The molecule has 1 aromatic rings. The van der Waals surface area contributed by atoms with Crippen LogP contribution in [0.2, 0.25) is 0 Å². The van der Waals surface area contributed by atoms with Crippen molar-refractivity contribution in [3.63, 3.8) is 0 Å². The normalized spacial score (nSPS) is 16.1. The van der Waals surface area contributed by atoms with Crippen LogP contribution in [-0.2, 0) is 0 Å². The summed E-state index contributed by atoms with van der Waals surface area (Å²) in [5.41, 5.74) is 0.191. The molecule has 2 rings (SSSR count). The van der Waals surface area contributed by atoms with Crippen molar-refractivity contribution in [2.75, 3.05) is 6.54 Å². The number of nitrogens with one attached hydrogen (secondary N) is 1. The lowest BCUT2D eigenvalue weighted by Crippen LogP contribution is -2.30. The number of nitrogens with zero attached hydrogens (tertiary/aromatic N) is 1. The zero-order chi connectivity index (χ0) is 13.1. The van der Waals surface area contributed by atoms with Crippen LogP contribution in [0.25, 0.3) is 0 Å². The predicted octanol–water partition coefficient (Wildman–Crippen LogP) is 2.34. The Balaban J connectivity index is 1.95. The number of carbonyl (C=O) groups excluding carboxylic acids is 1. The van der Waals surface area contributed by atoms with E-state index in [4.69, 9.17) is 11.6 Å². The summed E-state index contributed by atoms with van der Waals surface area (Å²) < 4.78 is 0. The van der Waals surface area contributed by atoms with E-state index in [0.717, 1.165) is 12.8 Å². The van der Waals surface area contributed by atoms with Crippen molar-refractivity contribution in [2.45, 2.75) is 18.2 Å². The third-order valence-corrected chi connectivity index (χ3v) is 3.42. The maximum absolute atomic E-state index is 11.8. The van der Waals surface area contributed by atoms with Crippen LogP contribution in [0.15, 0.2) is 24.3 Å². The molecule has 1 N–H and O–H groups in total. The monoisotopic (exact) mass is 268 g/mol. The summed E-state index contributed by atoms with van der Waals surface area (Å²) in [5.74, 6) is 0.169. The minimum absolute atomic E-state index is 0.0485. The molecule has 1 aromatic carbocycles. The van der Waals surface area contributed by atoms with E-state index >= 15 is 0 Å². The molecule has 18 heavy (non-hydrogen) atoms. The Bertz CT molecular complexity index is 474. The van der Waals surface area contributed by atoms with Crippen LogP contribution >= 0.6 is 11.6 Å². The van der Waals surface area contributed by atoms with Gasteiger partial charge in [-0.1, -0.05) is 6.07 Å². The maximum atomic E-state index is 11.8. The molecule has 1 aliphatic carbocycles. The Morgan fingerprint density at radius 2 is 2.28 bits per heavy atom. The Morgan fingerprint density at radius 3 is 2.89 bits per heavy atom. The van der Waals surface area contributed by atoms with Gasteiger partial charge < -0.3 is 5.32 Å². The van der Waals surface area contributed by atoms with Crippen LogP contribution < -0.4 is 5.32 Å². The lowest BCUT2D eigenvalue weighted by atomic mass is 10.2. The molecule has 0 aromatic heterocycles. The van der Waals surface area contributed by atoms with E-state index in [1.807, 2.05) is 0 Å². The first kappa shape index (κ1) is 12.8. The quantitative estimate of drug-likeness (QED) is 0.506. The number of hydrogen-bond donors (Lipinski definition) is 1. The average molecular weight is 269 g/mol. The van der Waals surface area contributed by atoms with E-state index in [1.165, 1.54) is 18.2 Å². The van der Waals surface area contributed by atoms with E-state index in [9.17, 15) is 14.9 Å². The van der Waals surface area contributed by atoms with E-state index in [2.05, 4.69) is 5.32 Å². The van der Waals surface area contributed by atoms with Gasteiger partial charge in [-0.3, -0.25) is 14.9 Å². The number of alkyl halides is 1. The molecule has 1 amide bonds. The van der Waals surface area contributed by atoms with Crippen molar-refractivity contribution in [3.8, 4) is 0 Å². The topological polar surface area (TPSA) is 72.2 Å². The van der Waals surface area contributed by atoms with Crippen LogP contribution in [0.3, 0.4) is 0 Å². The second kappa shape index (κ2) is 5.35. The fourth-order valence-electron chi connectivity index (χ4n) is 1.68. The summed E-state index contributed by atoms with van der Waals surface area (Å²) in [6.07, 6.45) is 2.22. The third kappa shape index (κ3) is 3.20. The molecule has 1 saturated carbocycles. The molecule has 0 aliphatic heterocycles. The van der Waals surface area contributed by atoms with Crippen molar-refractivity contribution in [1.82, 2.24) is 5.32 Å². The number of benzene rings is 1. The number of carbonyl (C=O) groups is 1. The van der Waals surface area contributed by atoms with Gasteiger partial charge in [0, 0.05) is 24.2 Å². The number of nitro benzene ring substituents is 1. The Kier molecular flexibility index (Phi) is 3.81. The van der Waals surface area contributed by atoms with E-state index in [1.54, 1.807) is 6.07 Å². The number of rotatable bonds is 5. The van der Waals surface area contributed by atoms with E-state index in [-0.39, 0.29) is 22.5 Å². The summed E-state index contributed by atoms with van der Waals surface area (Å²) >= 11 is 6.07. The number of non-ortho nitro benzene ring substituents is 1. The summed E-state index contributed by atoms with van der Waals surface area (Å²) in [6.45, 7) is 0.397. The highest BCUT2D eigenvalue weighted by molar-refractivity contribution is 6.21. The second-order valence-corrected chi connectivity index (χ2v) is 4.93. The molecule has 0 heterocycles. The Labute approximate surface area is 109 Å². The minimum Gasteiger partial charge on any atom is -0.351 e. The molecule has 0 spiro atoms. The molecule has 1 atom stereocenters. The molecule has 1 aliphatic rings. The van der Waals surface area contributed by atoms with Crippen molar-refractivity contribution in [1.29, 1.82) is 0 Å². The Hall–Kier alpha value is -1.62. The summed E-state index contributed by atoms with van der Waals surface area (Å²) in [5, 5.41) is 13.2. The van der Waals surface area contributed by atoms with Crippen molar-refractivity contribution < 1.29 is 9.72 Å². The first-order chi connectivity index (χ1) is 8.58. The standard InChI is InChI=1S/C12H13ClN2O3/c13-11(8-4-5-8)7-14-12(16)9-2-1-3-10(6-9)15(17)18/h1-3,6,8,11H,4-5,7H2,(H,14,16). The Morgan fingerprint density at radius 1 is 1.56 bits per heavy atom. The van der Waals surface area contributed by atoms with Crippen molar-refractivity contribution in [3.05, 3.63) is 39.9 Å². The zero-order valence-corrected chi connectivity index (χ0v) is 10.4. The van der Waals surface area contributed by atoms with E-state index in [0.29, 0.717) is 12.5 Å². The molecular formula is C12H13ClN2O3. The molecule has 5 nitrogen and oxygen atoms in total. The van der Waals surface area contributed by atoms with Crippen LogP contribution in [-0.4, -0.2) is 22.8 Å². The zero-order valence-electron chi connectivity index (χ0n) is 9.64. The van der Waals surface area contributed by atoms with E-state index < -0.39 is 4.92 Å². The number of amides is 1. The fraction of sp³-hybridized carbons (Fsp3) is 0.417. The van der Waals surface area contributed by atoms with Crippen LogP contribution in [0, 0.1) is 16.0 Å². The minimum atomic E-state index is -0.522. The third-order valence-electron chi connectivity index (χ3n) is 2.91. The number of hydrogen-bond acceptors (Lipinski definition) is 3. The van der Waals surface area contributed by atoms with Gasteiger partial charge in [0.1, 0.15) is 0 Å². The van der Waals surface area contributed by atoms with Crippen molar-refractivity contribution in [2.24, 2.45) is 5.92 Å². The van der Waals surface area contributed by atoms with Crippen LogP contribution in [0.5, 0.6) is 0 Å². The van der Waals surface area contributed by atoms with Gasteiger partial charge in [0.15, 0.2) is 0 Å². The molecular weight excluding hydrogens is 256 g/mol. The van der Waals surface area contributed by atoms with Gasteiger partial charge in [-0.15, -0.1) is 11.6 Å². The largest absolute Gasteiger partial charge is 0.351 e. The van der Waals surface area contributed by atoms with Gasteiger partial charge in [-0.25, -0.2) is 0 Å². The van der Waals surface area contributed by atoms with Gasteiger partial charge in [0.05, 0.1) is 10.3 Å². The summed E-state index contributed by atoms with van der Waals surface area (Å²) in [6, 6.07) is 5.65. The molecule has 0 saturated heterocycles. The summed E-state index contributed by atoms with van der Waals surface area (Å²) in [4.78, 5) is 21.8. The van der Waals surface area contributed by atoms with Gasteiger partial charge in [0.25, 0.3) is 11.6 Å². The molecule has 1 fully saturated rings. The number of halogens is 1. The molecule has 96 valence electrons. The fourth-order valence-corrected chi connectivity index (χ4v) is 2.01. The maximum Gasteiger partial charge on any atom is 0.270 e. The smallest absolute Gasteiger partial charge is 0.270 e.